The van der Waals surface area contributed by atoms with Gasteiger partial charge in [-0.15, -0.1) is 0 Å². The number of nitrogens with one attached hydrogen (secondary N) is 1. The Labute approximate surface area is 110 Å². The van der Waals surface area contributed by atoms with Gasteiger partial charge >= 0.3 is 0 Å². The molecular formula is C14H20FNOS. The second kappa shape index (κ2) is 5.93. The highest BCUT2D eigenvalue weighted by atomic mass is 32.2. The molecule has 0 unspecified atom stereocenters. The topological polar surface area (TPSA) is 29.1 Å². The third-order valence-corrected chi connectivity index (χ3v) is 4.86. The molecule has 0 saturated carbocycles. The average molecular weight is 269 g/mol. The molecule has 4 heteroatoms. The van der Waals surface area contributed by atoms with Gasteiger partial charge in [-0.3, -0.25) is 4.21 Å². The van der Waals surface area contributed by atoms with Gasteiger partial charge in [0.25, 0.3) is 0 Å². The Bertz CT molecular complexity index is 428. The van der Waals surface area contributed by atoms with Gasteiger partial charge < -0.3 is 5.32 Å². The molecule has 18 heavy (non-hydrogen) atoms. The predicted octanol–water partition coefficient (Wildman–Crippen LogP) is 2.44. The third-order valence-electron chi connectivity index (χ3n) is 3.48. The predicted molar refractivity (Wildman–Crippen MR) is 73.6 cm³/mol. The standard InChI is InChI=1S/C14H20FNOS/c1-10-7-12(8-11(2)14(10)15)9-16-13-3-5-18(17)6-4-13/h7-8,13,16H,3-6,9H2,1-2H3. The van der Waals surface area contributed by atoms with Crippen molar-refractivity contribution in [3.8, 4) is 0 Å². The molecule has 0 radical (unpaired) electrons. The Hall–Kier alpha value is -0.740. The minimum Gasteiger partial charge on any atom is -0.310 e. The van der Waals surface area contributed by atoms with Crippen LogP contribution in [0, 0.1) is 19.7 Å². The van der Waals surface area contributed by atoms with Crippen LogP contribution in [0.2, 0.25) is 0 Å². The van der Waals surface area contributed by atoms with Crippen molar-refractivity contribution in [2.24, 2.45) is 0 Å². The van der Waals surface area contributed by atoms with Crippen molar-refractivity contribution in [1.29, 1.82) is 0 Å². The third kappa shape index (κ3) is 3.39. The van der Waals surface area contributed by atoms with E-state index in [1.54, 1.807) is 13.8 Å². The summed E-state index contributed by atoms with van der Waals surface area (Å²) in [6.07, 6.45) is 1.96. The van der Waals surface area contributed by atoms with Crippen LogP contribution in [0.25, 0.3) is 0 Å². The van der Waals surface area contributed by atoms with Gasteiger partial charge in [-0.1, -0.05) is 12.1 Å². The number of rotatable bonds is 3. The maximum absolute atomic E-state index is 13.5. The average Bonchev–Trinajstić information content (AvgIpc) is 2.35. The van der Waals surface area contributed by atoms with Crippen LogP contribution >= 0.6 is 0 Å². The van der Waals surface area contributed by atoms with Gasteiger partial charge in [0.2, 0.25) is 0 Å². The van der Waals surface area contributed by atoms with Crippen LogP contribution in [0.5, 0.6) is 0 Å². The molecule has 1 aliphatic heterocycles. The summed E-state index contributed by atoms with van der Waals surface area (Å²) in [6, 6.07) is 4.25. The van der Waals surface area contributed by atoms with Crippen molar-refractivity contribution < 1.29 is 8.60 Å². The number of hydrogen-bond acceptors (Lipinski definition) is 2. The van der Waals surface area contributed by atoms with Crippen molar-refractivity contribution in [3.05, 3.63) is 34.6 Å². The maximum Gasteiger partial charge on any atom is 0.129 e. The van der Waals surface area contributed by atoms with Crippen molar-refractivity contribution in [2.75, 3.05) is 11.5 Å². The normalized spacial score (nSPS) is 24.2. The molecular weight excluding hydrogens is 249 g/mol. The molecule has 100 valence electrons. The summed E-state index contributed by atoms with van der Waals surface area (Å²) in [4.78, 5) is 0. The van der Waals surface area contributed by atoms with E-state index in [1.807, 2.05) is 12.1 Å². The fourth-order valence-corrected chi connectivity index (χ4v) is 3.70. The monoisotopic (exact) mass is 269 g/mol. The lowest BCUT2D eigenvalue weighted by atomic mass is 10.1. The van der Waals surface area contributed by atoms with Crippen LogP contribution in [-0.4, -0.2) is 21.8 Å². The molecule has 1 fully saturated rings. The maximum atomic E-state index is 13.5. The fraction of sp³-hybridized carbons (Fsp3) is 0.571. The van der Waals surface area contributed by atoms with Gasteiger partial charge in [0.05, 0.1) is 0 Å². The lowest BCUT2D eigenvalue weighted by Gasteiger charge is -2.22. The molecule has 0 aliphatic carbocycles. The van der Waals surface area contributed by atoms with E-state index >= 15 is 0 Å². The molecule has 2 nitrogen and oxygen atoms in total. The first-order chi connectivity index (χ1) is 8.56. The van der Waals surface area contributed by atoms with Crippen molar-refractivity contribution in [3.63, 3.8) is 0 Å². The zero-order chi connectivity index (χ0) is 13.1. The summed E-state index contributed by atoms with van der Waals surface area (Å²) in [5.74, 6) is 1.50. The molecule has 2 rings (SSSR count). The number of aryl methyl sites for hydroxylation is 2. The minimum atomic E-state index is -0.609. The second-order valence-electron chi connectivity index (χ2n) is 5.05. The van der Waals surface area contributed by atoms with E-state index in [0.29, 0.717) is 17.2 Å². The van der Waals surface area contributed by atoms with Crippen molar-refractivity contribution in [2.45, 2.75) is 39.3 Å². The van der Waals surface area contributed by atoms with Crippen LogP contribution in [-0.2, 0) is 17.3 Å². The van der Waals surface area contributed by atoms with E-state index in [4.69, 9.17) is 0 Å². The van der Waals surface area contributed by atoms with Crippen LogP contribution < -0.4 is 5.32 Å². The molecule has 1 aliphatic rings. The summed E-state index contributed by atoms with van der Waals surface area (Å²) >= 11 is 0. The first-order valence-corrected chi connectivity index (χ1v) is 7.89. The van der Waals surface area contributed by atoms with Gasteiger partial charge in [-0.2, -0.15) is 0 Å². The van der Waals surface area contributed by atoms with E-state index in [2.05, 4.69) is 5.32 Å². The number of hydrogen-bond donors (Lipinski definition) is 1. The summed E-state index contributed by atoms with van der Waals surface area (Å²) in [6.45, 7) is 4.37. The van der Waals surface area contributed by atoms with Crippen LogP contribution in [0.4, 0.5) is 4.39 Å². The summed E-state index contributed by atoms with van der Waals surface area (Å²) in [5.41, 5.74) is 2.53. The smallest absolute Gasteiger partial charge is 0.129 e. The highest BCUT2D eigenvalue weighted by Crippen LogP contribution is 2.16. The highest BCUT2D eigenvalue weighted by Gasteiger charge is 2.17. The molecule has 1 N–H and O–H groups in total. The van der Waals surface area contributed by atoms with Gasteiger partial charge in [0.15, 0.2) is 0 Å². The Kier molecular flexibility index (Phi) is 4.51. The molecule has 0 aromatic heterocycles. The summed E-state index contributed by atoms with van der Waals surface area (Å²) in [5, 5.41) is 3.48. The van der Waals surface area contributed by atoms with Crippen LogP contribution in [0.3, 0.4) is 0 Å². The van der Waals surface area contributed by atoms with Crippen LogP contribution in [0.15, 0.2) is 12.1 Å². The van der Waals surface area contributed by atoms with Gasteiger partial charge in [0, 0.05) is 34.9 Å². The van der Waals surface area contributed by atoms with Gasteiger partial charge in [-0.25, -0.2) is 4.39 Å². The highest BCUT2D eigenvalue weighted by molar-refractivity contribution is 7.85. The molecule has 1 aromatic carbocycles. The zero-order valence-electron chi connectivity index (χ0n) is 11.0. The first kappa shape index (κ1) is 13.7. The Morgan fingerprint density at radius 3 is 2.39 bits per heavy atom. The molecule has 0 atom stereocenters. The lowest BCUT2D eigenvalue weighted by molar-refractivity contribution is 0.474. The lowest BCUT2D eigenvalue weighted by Crippen LogP contribution is -2.35. The number of halogens is 1. The Morgan fingerprint density at radius 1 is 1.28 bits per heavy atom. The summed E-state index contributed by atoms with van der Waals surface area (Å²) in [7, 11) is -0.609. The molecule has 1 saturated heterocycles. The van der Waals surface area contributed by atoms with E-state index in [1.165, 1.54) is 0 Å². The number of benzene rings is 1. The van der Waals surface area contributed by atoms with Gasteiger partial charge in [0.1, 0.15) is 5.82 Å². The first-order valence-electron chi connectivity index (χ1n) is 6.40. The van der Waals surface area contributed by atoms with Gasteiger partial charge in [-0.05, 0) is 43.4 Å². The van der Waals surface area contributed by atoms with E-state index in [0.717, 1.165) is 36.5 Å². The largest absolute Gasteiger partial charge is 0.310 e. The Morgan fingerprint density at radius 2 is 1.83 bits per heavy atom. The molecule has 1 aromatic rings. The molecule has 1 heterocycles. The zero-order valence-corrected chi connectivity index (χ0v) is 11.8. The molecule has 0 bridgehead atoms. The van der Waals surface area contributed by atoms with Crippen molar-refractivity contribution in [1.82, 2.24) is 5.32 Å². The van der Waals surface area contributed by atoms with Crippen molar-refractivity contribution >= 4 is 10.8 Å². The second-order valence-corrected chi connectivity index (χ2v) is 6.74. The minimum absolute atomic E-state index is 0.105. The molecule has 0 amide bonds. The molecule has 0 spiro atoms. The SMILES string of the molecule is Cc1cc(CNC2CCS(=O)CC2)cc(C)c1F. The van der Waals surface area contributed by atoms with E-state index in [-0.39, 0.29) is 5.82 Å². The summed E-state index contributed by atoms with van der Waals surface area (Å²) < 4.78 is 24.7. The Balaban J connectivity index is 1.92. The fourth-order valence-electron chi connectivity index (χ4n) is 2.40. The van der Waals surface area contributed by atoms with Crippen LogP contribution in [0.1, 0.15) is 29.5 Å². The quantitative estimate of drug-likeness (QED) is 0.913. The van der Waals surface area contributed by atoms with E-state index < -0.39 is 10.8 Å². The van der Waals surface area contributed by atoms with E-state index in [9.17, 15) is 8.60 Å².